The van der Waals surface area contributed by atoms with Crippen molar-refractivity contribution >= 4 is 40.8 Å². The van der Waals surface area contributed by atoms with Crippen molar-refractivity contribution in [3.8, 4) is 0 Å². The average Bonchev–Trinajstić information content (AvgIpc) is 3.38. The summed E-state index contributed by atoms with van der Waals surface area (Å²) in [7, 11) is 0. The van der Waals surface area contributed by atoms with Crippen molar-refractivity contribution in [1.82, 2.24) is 15.0 Å². The predicted octanol–water partition coefficient (Wildman–Crippen LogP) is 3.99. The fraction of sp³-hybridized carbons (Fsp3) is 0.250. The lowest BCUT2D eigenvalue weighted by Gasteiger charge is -2.25. The number of rotatable bonds is 7. The molecule has 1 aromatic carbocycles. The van der Waals surface area contributed by atoms with Crippen LogP contribution in [0.25, 0.3) is 17.2 Å². The number of carbonyl (C=O) groups excluding carboxylic acids is 1. The molecule has 9 heteroatoms. The molecule has 0 radical (unpaired) electrons. The van der Waals surface area contributed by atoms with Crippen LogP contribution >= 0.6 is 0 Å². The van der Waals surface area contributed by atoms with Crippen molar-refractivity contribution in [3.63, 3.8) is 0 Å². The minimum absolute atomic E-state index is 0.148. The first-order valence-electron chi connectivity index (χ1n) is 12.2. The standard InChI is InChI=1S/C28H30N6O3/c1-18-24(17-37-34-9-11-36-12-10-34)19(2)32-26(18)14-23-22-13-20(6-7-25(22)33-28(23)35)21(15-29)16-31-27-5-3-4-8-30-27/h3-8,13-16,32H,9-12,17,29H2,1-2H3,(H,33,35)/b21-15?,23-14-,31-16?. The van der Waals surface area contributed by atoms with Gasteiger partial charge in [0.25, 0.3) is 5.91 Å². The van der Waals surface area contributed by atoms with E-state index in [4.69, 9.17) is 15.3 Å². The van der Waals surface area contributed by atoms with Gasteiger partial charge in [0, 0.05) is 65.5 Å². The zero-order chi connectivity index (χ0) is 25.8. The molecule has 1 saturated heterocycles. The van der Waals surface area contributed by atoms with Gasteiger partial charge in [-0.2, -0.15) is 5.06 Å². The van der Waals surface area contributed by atoms with Crippen LogP contribution in [0.15, 0.2) is 53.8 Å². The largest absolute Gasteiger partial charge is 0.404 e. The van der Waals surface area contributed by atoms with Crippen LogP contribution in [0.2, 0.25) is 0 Å². The number of nitrogens with zero attached hydrogens (tertiary/aromatic N) is 3. The van der Waals surface area contributed by atoms with Gasteiger partial charge >= 0.3 is 0 Å². The maximum atomic E-state index is 12.9. The third kappa shape index (κ3) is 5.39. The lowest BCUT2D eigenvalue weighted by molar-refractivity contribution is -0.202. The summed E-state index contributed by atoms with van der Waals surface area (Å²) in [6.07, 6.45) is 6.77. The molecule has 2 aromatic heterocycles. The van der Waals surface area contributed by atoms with Gasteiger partial charge in [-0.05, 0) is 55.3 Å². The van der Waals surface area contributed by atoms with Crippen LogP contribution in [0.5, 0.6) is 0 Å². The number of hydrogen-bond acceptors (Lipinski definition) is 7. The minimum Gasteiger partial charge on any atom is -0.404 e. The van der Waals surface area contributed by atoms with E-state index in [9.17, 15) is 4.79 Å². The van der Waals surface area contributed by atoms with Crippen LogP contribution in [-0.2, 0) is 21.0 Å². The SMILES string of the molecule is Cc1[nH]c(/C=C2\C(=O)Nc3ccc(C(C=Nc4ccccn4)=CN)cc32)c(C)c1CON1CCOCC1. The summed E-state index contributed by atoms with van der Waals surface area (Å²) in [6, 6.07) is 11.3. The van der Waals surface area contributed by atoms with Gasteiger partial charge in [-0.15, -0.1) is 0 Å². The summed E-state index contributed by atoms with van der Waals surface area (Å²) >= 11 is 0. The number of morpholine rings is 1. The first kappa shape index (κ1) is 24.6. The van der Waals surface area contributed by atoms with Gasteiger partial charge in [-0.1, -0.05) is 12.1 Å². The molecule has 0 bridgehead atoms. The molecule has 2 aliphatic heterocycles. The van der Waals surface area contributed by atoms with Crippen molar-refractivity contribution in [2.45, 2.75) is 20.5 Å². The summed E-state index contributed by atoms with van der Waals surface area (Å²) in [5, 5.41) is 4.90. The number of fused-ring (bicyclic) bond motifs is 1. The van der Waals surface area contributed by atoms with Gasteiger partial charge < -0.3 is 20.8 Å². The van der Waals surface area contributed by atoms with E-state index in [1.165, 1.54) is 6.20 Å². The second-order valence-electron chi connectivity index (χ2n) is 8.92. The maximum Gasteiger partial charge on any atom is 0.256 e. The highest BCUT2D eigenvalue weighted by atomic mass is 16.7. The number of aliphatic imine (C=N–C) groups is 1. The van der Waals surface area contributed by atoms with Crippen molar-refractivity contribution in [2.24, 2.45) is 10.7 Å². The van der Waals surface area contributed by atoms with Gasteiger partial charge in [0.1, 0.15) is 0 Å². The van der Waals surface area contributed by atoms with E-state index < -0.39 is 0 Å². The molecular weight excluding hydrogens is 468 g/mol. The molecule has 4 heterocycles. The number of carbonyl (C=O) groups is 1. The zero-order valence-electron chi connectivity index (χ0n) is 21.0. The minimum atomic E-state index is -0.148. The van der Waals surface area contributed by atoms with E-state index in [0.717, 1.165) is 58.0 Å². The Bertz CT molecular complexity index is 1380. The van der Waals surface area contributed by atoms with Crippen LogP contribution in [0.3, 0.4) is 0 Å². The topological polar surface area (TPSA) is 118 Å². The number of hydroxylamine groups is 2. The monoisotopic (exact) mass is 498 g/mol. The highest BCUT2D eigenvalue weighted by Gasteiger charge is 2.26. The lowest BCUT2D eigenvalue weighted by Crippen LogP contribution is -2.36. The molecule has 0 unspecified atom stereocenters. The Balaban J connectivity index is 1.40. The van der Waals surface area contributed by atoms with E-state index in [2.05, 4.69) is 20.3 Å². The highest BCUT2D eigenvalue weighted by molar-refractivity contribution is 6.35. The van der Waals surface area contributed by atoms with Crippen LogP contribution < -0.4 is 11.1 Å². The number of hydrogen-bond donors (Lipinski definition) is 3. The maximum absolute atomic E-state index is 12.9. The summed E-state index contributed by atoms with van der Waals surface area (Å²) in [6.45, 7) is 7.39. The van der Waals surface area contributed by atoms with E-state index in [-0.39, 0.29) is 5.91 Å². The molecule has 4 N–H and O–H groups in total. The fourth-order valence-electron chi connectivity index (χ4n) is 4.44. The zero-order valence-corrected chi connectivity index (χ0v) is 21.0. The van der Waals surface area contributed by atoms with Crippen LogP contribution in [0.1, 0.15) is 33.6 Å². The number of amides is 1. The molecule has 37 heavy (non-hydrogen) atoms. The summed E-state index contributed by atoms with van der Waals surface area (Å²) < 4.78 is 5.39. The van der Waals surface area contributed by atoms with E-state index in [1.807, 2.05) is 61.4 Å². The fourth-order valence-corrected chi connectivity index (χ4v) is 4.44. The Hall–Kier alpha value is -4.05. The third-order valence-electron chi connectivity index (χ3n) is 6.58. The molecule has 1 amide bonds. The Morgan fingerprint density at radius 1 is 1.24 bits per heavy atom. The highest BCUT2D eigenvalue weighted by Crippen LogP contribution is 2.36. The van der Waals surface area contributed by atoms with Gasteiger partial charge in [0.2, 0.25) is 0 Å². The number of nitrogens with one attached hydrogen (secondary N) is 2. The molecule has 0 aliphatic carbocycles. The lowest BCUT2D eigenvalue weighted by atomic mass is 9.99. The van der Waals surface area contributed by atoms with Crippen molar-refractivity contribution in [2.75, 3.05) is 31.6 Å². The Labute approximate surface area is 215 Å². The number of aryl methyl sites for hydroxylation is 1. The Kier molecular flexibility index (Phi) is 7.27. The molecule has 3 aromatic rings. The van der Waals surface area contributed by atoms with Crippen molar-refractivity contribution < 1.29 is 14.4 Å². The third-order valence-corrected chi connectivity index (χ3v) is 6.58. The number of ether oxygens (including phenoxy) is 1. The molecule has 5 rings (SSSR count). The number of allylic oxidation sites excluding steroid dienone is 1. The van der Waals surface area contributed by atoms with E-state index in [1.54, 1.807) is 12.4 Å². The number of pyridine rings is 1. The molecule has 9 nitrogen and oxygen atoms in total. The number of benzene rings is 1. The molecule has 1 fully saturated rings. The Morgan fingerprint density at radius 3 is 2.84 bits per heavy atom. The van der Waals surface area contributed by atoms with Crippen molar-refractivity contribution in [1.29, 1.82) is 0 Å². The van der Waals surface area contributed by atoms with Gasteiger partial charge in [-0.3, -0.25) is 9.63 Å². The molecule has 190 valence electrons. The number of anilines is 1. The van der Waals surface area contributed by atoms with Crippen LogP contribution in [0.4, 0.5) is 11.5 Å². The van der Waals surface area contributed by atoms with Gasteiger partial charge in [-0.25, -0.2) is 9.98 Å². The van der Waals surface area contributed by atoms with E-state index in [0.29, 0.717) is 31.2 Å². The van der Waals surface area contributed by atoms with Gasteiger partial charge in [0.05, 0.1) is 25.4 Å². The van der Waals surface area contributed by atoms with Crippen LogP contribution in [-0.4, -0.2) is 53.5 Å². The second-order valence-corrected chi connectivity index (χ2v) is 8.92. The first-order valence-corrected chi connectivity index (χ1v) is 12.2. The molecular formula is C28H30N6O3. The summed E-state index contributed by atoms with van der Waals surface area (Å²) in [5.74, 6) is 0.441. The molecule has 0 saturated carbocycles. The van der Waals surface area contributed by atoms with Gasteiger partial charge in [0.15, 0.2) is 5.82 Å². The number of aromatic amines is 1. The molecule has 0 atom stereocenters. The Morgan fingerprint density at radius 2 is 2.08 bits per heavy atom. The number of nitrogens with two attached hydrogens (primary N) is 1. The quantitative estimate of drug-likeness (QED) is 0.335. The van der Waals surface area contributed by atoms with Crippen LogP contribution in [0, 0.1) is 13.8 Å². The normalized spacial score (nSPS) is 17.5. The second kappa shape index (κ2) is 10.9. The first-order chi connectivity index (χ1) is 18.0. The predicted molar refractivity (Wildman–Crippen MR) is 145 cm³/mol. The summed E-state index contributed by atoms with van der Waals surface area (Å²) in [4.78, 5) is 31.0. The average molecular weight is 499 g/mol. The summed E-state index contributed by atoms with van der Waals surface area (Å²) in [5.41, 5.74) is 13.7. The molecule has 0 spiro atoms. The number of aromatic nitrogens is 2. The molecule has 2 aliphatic rings. The number of H-pyrrole nitrogens is 1. The van der Waals surface area contributed by atoms with Crippen molar-refractivity contribution in [3.05, 3.63) is 82.4 Å². The van der Waals surface area contributed by atoms with E-state index >= 15 is 0 Å². The smallest absolute Gasteiger partial charge is 0.256 e.